The van der Waals surface area contributed by atoms with E-state index in [1.165, 1.54) is 36.4 Å². The minimum absolute atomic E-state index is 0.174. The maximum atomic E-state index is 12.7. The number of benzene rings is 2. The molecule has 0 aromatic heterocycles. The van der Waals surface area contributed by atoms with Crippen LogP contribution in [0.25, 0.3) is 0 Å². The molecule has 4 rings (SSSR count). The van der Waals surface area contributed by atoms with Gasteiger partial charge in [0.05, 0.1) is 34.0 Å². The van der Waals surface area contributed by atoms with Crippen LogP contribution in [-0.2, 0) is 16.0 Å². The number of rotatable bonds is 8. The third kappa shape index (κ3) is 10.9. The van der Waals surface area contributed by atoms with Crippen molar-refractivity contribution in [3.8, 4) is 12.1 Å². The maximum Gasteiger partial charge on any atom is 0.234 e. The van der Waals surface area contributed by atoms with Crippen molar-refractivity contribution in [1.29, 1.82) is 10.5 Å². The average Bonchev–Trinajstić information content (AvgIpc) is 3.02. The molecule has 248 valence electrons. The van der Waals surface area contributed by atoms with Gasteiger partial charge in [-0.25, -0.2) is 0 Å². The Morgan fingerprint density at radius 3 is 1.43 bits per heavy atom. The molecule has 4 atom stereocenters. The number of nitrogens with zero attached hydrogens (tertiary/aromatic N) is 4. The van der Waals surface area contributed by atoms with Crippen LogP contribution in [0.1, 0.15) is 62.8 Å². The smallest absolute Gasteiger partial charge is 0.234 e. The van der Waals surface area contributed by atoms with Crippen molar-refractivity contribution < 1.29 is 9.59 Å². The summed E-state index contributed by atoms with van der Waals surface area (Å²) in [5.41, 5.74) is 3.33. The minimum atomic E-state index is -0.216. The summed E-state index contributed by atoms with van der Waals surface area (Å²) in [5.74, 6) is 2.21. The molecule has 0 unspecified atom stereocenters. The van der Waals surface area contributed by atoms with E-state index in [4.69, 9.17) is 24.4 Å². The lowest BCUT2D eigenvalue weighted by Crippen LogP contribution is -2.41. The van der Waals surface area contributed by atoms with Crippen molar-refractivity contribution in [3.05, 3.63) is 58.7 Å². The largest absolute Gasteiger partial charge is 0.357 e. The predicted octanol–water partition coefficient (Wildman–Crippen LogP) is 6.89. The van der Waals surface area contributed by atoms with Gasteiger partial charge in [0.25, 0.3) is 0 Å². The van der Waals surface area contributed by atoms with Gasteiger partial charge in [-0.2, -0.15) is 10.5 Å². The van der Waals surface area contributed by atoms with Gasteiger partial charge in [-0.15, -0.1) is 0 Å². The molecule has 0 spiro atoms. The summed E-state index contributed by atoms with van der Waals surface area (Å²) in [6, 6.07) is 15.0. The summed E-state index contributed by atoms with van der Waals surface area (Å²) >= 11 is 13.9. The van der Waals surface area contributed by atoms with Crippen molar-refractivity contribution in [2.75, 3.05) is 48.3 Å². The number of thiocarbonyl (C=S) groups is 2. The fourth-order valence-corrected chi connectivity index (χ4v) is 8.44. The molecule has 2 aromatic rings. The van der Waals surface area contributed by atoms with Crippen LogP contribution >= 0.6 is 48.0 Å². The van der Waals surface area contributed by atoms with Crippen LogP contribution in [0.2, 0.25) is 0 Å². The second kappa shape index (κ2) is 17.3. The number of carbonyl (C=O) groups is 2. The standard InChI is InChI=1S/C35H42N6O2S4/c1-22-9-23(2)17-40(16-22)34(44)46-20-32(42)38-30-7-5-26(12-28(30)14-36)11-27-6-8-31(29(13-27)15-37)39-33(43)21-47-35(45)41-18-24(3)10-25(4)19-41/h5-8,12-13,22-25H,9-11,16-21H2,1-4H3,(H,38,42)(H,39,43)/t22-,23-,24-,25+/m0/s1. The summed E-state index contributed by atoms with van der Waals surface area (Å²) in [4.78, 5) is 29.8. The second-order valence-corrected chi connectivity index (χ2v) is 16.3. The number of thioether (sulfide) groups is 2. The normalized spacial score (nSPS) is 20.9. The van der Waals surface area contributed by atoms with Crippen LogP contribution in [0.3, 0.4) is 0 Å². The molecule has 2 saturated heterocycles. The van der Waals surface area contributed by atoms with Gasteiger partial charge >= 0.3 is 0 Å². The highest BCUT2D eigenvalue weighted by atomic mass is 32.2. The maximum absolute atomic E-state index is 12.7. The van der Waals surface area contributed by atoms with Crippen LogP contribution < -0.4 is 10.6 Å². The van der Waals surface area contributed by atoms with Gasteiger partial charge in [-0.3, -0.25) is 9.59 Å². The average molecular weight is 707 g/mol. The topological polar surface area (TPSA) is 112 Å². The Bertz CT molecular complexity index is 1450. The van der Waals surface area contributed by atoms with Crippen molar-refractivity contribution in [2.45, 2.75) is 47.0 Å². The minimum Gasteiger partial charge on any atom is -0.357 e. The molecule has 2 aliphatic rings. The Morgan fingerprint density at radius 1 is 0.723 bits per heavy atom. The number of nitriles is 2. The molecule has 12 heteroatoms. The summed E-state index contributed by atoms with van der Waals surface area (Å²) in [5, 5.41) is 25.3. The Hall–Kier alpha value is -3.16. The van der Waals surface area contributed by atoms with Gasteiger partial charge in [0.2, 0.25) is 11.8 Å². The molecule has 2 aromatic carbocycles. The van der Waals surface area contributed by atoms with Crippen molar-refractivity contribution in [3.63, 3.8) is 0 Å². The van der Waals surface area contributed by atoms with Gasteiger partial charge in [-0.1, -0.05) is 87.8 Å². The predicted molar refractivity (Wildman–Crippen MR) is 202 cm³/mol. The first kappa shape index (κ1) is 36.7. The third-order valence-electron chi connectivity index (χ3n) is 8.27. The van der Waals surface area contributed by atoms with Gasteiger partial charge in [-0.05, 0) is 78.3 Å². The number of carbonyl (C=O) groups excluding carboxylic acids is 2. The first-order valence-corrected chi connectivity index (χ1v) is 18.7. The SMILES string of the molecule is C[C@@H]1C[C@H](C)CN(C(=S)SCC(=O)Nc2ccc(Cc3ccc(NC(=O)CSC(=S)N4C[C@@H](C)C[C@H](C)C4)c(C#N)c3)cc2C#N)C1. The molecular formula is C35H42N6O2S4. The first-order chi connectivity index (χ1) is 22.4. The highest BCUT2D eigenvalue weighted by Crippen LogP contribution is 2.27. The van der Waals surface area contributed by atoms with Crippen LogP contribution in [0.15, 0.2) is 36.4 Å². The molecule has 2 aliphatic heterocycles. The quantitative estimate of drug-likeness (QED) is 0.282. The molecule has 2 N–H and O–H groups in total. The Labute approximate surface area is 298 Å². The van der Waals surface area contributed by atoms with E-state index in [1.54, 1.807) is 24.3 Å². The molecule has 47 heavy (non-hydrogen) atoms. The molecule has 0 bridgehead atoms. The van der Waals surface area contributed by atoms with E-state index in [2.05, 4.69) is 60.3 Å². The van der Waals surface area contributed by atoms with Crippen molar-refractivity contribution in [2.24, 2.45) is 23.7 Å². The summed E-state index contributed by atoms with van der Waals surface area (Å²) < 4.78 is 1.47. The number of hydrogen-bond donors (Lipinski definition) is 2. The van der Waals surface area contributed by atoms with Crippen LogP contribution in [0.4, 0.5) is 11.4 Å². The molecule has 2 amide bonds. The lowest BCUT2D eigenvalue weighted by Gasteiger charge is -2.36. The summed E-state index contributed by atoms with van der Waals surface area (Å²) in [6.07, 6.45) is 2.85. The summed E-state index contributed by atoms with van der Waals surface area (Å²) in [6.45, 7) is 12.6. The zero-order chi connectivity index (χ0) is 34.1. The molecule has 2 heterocycles. The Kier molecular flexibility index (Phi) is 13.5. The van der Waals surface area contributed by atoms with E-state index in [0.717, 1.165) is 45.9 Å². The molecule has 0 radical (unpaired) electrons. The Morgan fingerprint density at radius 2 is 1.09 bits per heavy atom. The number of nitrogens with one attached hydrogen (secondary N) is 2. The molecule has 8 nitrogen and oxygen atoms in total. The monoisotopic (exact) mass is 706 g/mol. The van der Waals surface area contributed by atoms with Crippen molar-refractivity contribution in [1.82, 2.24) is 9.80 Å². The molecule has 2 fully saturated rings. The van der Waals surface area contributed by atoms with Crippen LogP contribution in [0, 0.1) is 46.3 Å². The van der Waals surface area contributed by atoms with E-state index in [9.17, 15) is 20.1 Å². The first-order valence-electron chi connectivity index (χ1n) is 15.9. The van der Waals surface area contributed by atoms with Gasteiger partial charge in [0.15, 0.2) is 0 Å². The lowest BCUT2D eigenvalue weighted by atomic mass is 9.92. The van der Waals surface area contributed by atoms with Crippen molar-refractivity contribution >= 4 is 79.8 Å². The zero-order valence-electron chi connectivity index (χ0n) is 27.4. The van der Waals surface area contributed by atoms with Gasteiger partial charge < -0.3 is 20.4 Å². The fraction of sp³-hybridized carbons (Fsp3) is 0.486. The van der Waals surface area contributed by atoms with Crippen LogP contribution in [0.5, 0.6) is 0 Å². The highest BCUT2D eigenvalue weighted by Gasteiger charge is 2.25. The lowest BCUT2D eigenvalue weighted by molar-refractivity contribution is -0.114. The number of anilines is 2. The molecular weight excluding hydrogens is 665 g/mol. The Balaban J connectivity index is 1.29. The van der Waals surface area contributed by atoms with Gasteiger partial charge in [0.1, 0.15) is 20.8 Å². The van der Waals surface area contributed by atoms with E-state index >= 15 is 0 Å². The van der Waals surface area contributed by atoms with E-state index in [1.807, 2.05) is 12.1 Å². The summed E-state index contributed by atoms with van der Waals surface area (Å²) in [7, 11) is 0. The van der Waals surface area contributed by atoms with E-state index in [0.29, 0.717) is 52.6 Å². The number of likely N-dealkylation sites (tertiary alicyclic amines) is 2. The van der Waals surface area contributed by atoms with Gasteiger partial charge in [0, 0.05) is 26.2 Å². The van der Waals surface area contributed by atoms with Crippen LogP contribution in [-0.4, -0.2) is 67.9 Å². The number of amides is 2. The highest BCUT2D eigenvalue weighted by molar-refractivity contribution is 8.23. The third-order valence-corrected chi connectivity index (χ3v) is 11.3. The fourth-order valence-electron chi connectivity index (χ4n) is 6.48. The van der Waals surface area contributed by atoms with E-state index < -0.39 is 0 Å². The second-order valence-electron chi connectivity index (χ2n) is 13.1. The van der Waals surface area contributed by atoms with E-state index in [-0.39, 0.29) is 23.3 Å². The molecule has 0 aliphatic carbocycles. The molecule has 0 saturated carbocycles. The number of hydrogen-bond acceptors (Lipinski definition) is 8. The zero-order valence-corrected chi connectivity index (χ0v) is 30.6. The number of piperidine rings is 2.